The van der Waals surface area contributed by atoms with E-state index in [-0.39, 0.29) is 11.7 Å². The number of methoxy groups -OCH3 is 1. The summed E-state index contributed by atoms with van der Waals surface area (Å²) in [6.07, 6.45) is -0.0647. The molecule has 1 aliphatic heterocycles. The van der Waals surface area contributed by atoms with E-state index >= 15 is 0 Å². The molecule has 2 rings (SSSR count). The van der Waals surface area contributed by atoms with Crippen LogP contribution in [0.15, 0.2) is 18.2 Å². The van der Waals surface area contributed by atoms with Gasteiger partial charge < -0.3 is 18.9 Å². The van der Waals surface area contributed by atoms with Gasteiger partial charge in [-0.3, -0.25) is 0 Å². The van der Waals surface area contributed by atoms with Crippen LogP contribution in [0, 0.1) is 0 Å². The zero-order valence-corrected chi connectivity index (χ0v) is 11.4. The Morgan fingerprint density at radius 2 is 2.06 bits per heavy atom. The van der Waals surface area contributed by atoms with Gasteiger partial charge in [0.25, 0.3) is 0 Å². The summed E-state index contributed by atoms with van der Waals surface area (Å²) >= 11 is 0. The van der Waals surface area contributed by atoms with E-state index in [1.54, 1.807) is 7.11 Å². The van der Waals surface area contributed by atoms with E-state index < -0.39 is 0 Å². The first-order valence-electron chi connectivity index (χ1n) is 6.09. The monoisotopic (exact) mass is 252 g/mol. The molecule has 0 N–H and O–H groups in total. The molecular weight excluding hydrogens is 232 g/mol. The zero-order valence-electron chi connectivity index (χ0n) is 11.4. The molecule has 1 atom stereocenters. The Morgan fingerprint density at radius 1 is 1.28 bits per heavy atom. The average molecular weight is 252 g/mol. The van der Waals surface area contributed by atoms with Crippen LogP contribution in [0.1, 0.15) is 20.8 Å². The van der Waals surface area contributed by atoms with E-state index in [0.717, 1.165) is 17.2 Å². The molecule has 1 aromatic carbocycles. The van der Waals surface area contributed by atoms with Crippen molar-refractivity contribution in [3.63, 3.8) is 0 Å². The van der Waals surface area contributed by atoms with Gasteiger partial charge in [0.1, 0.15) is 12.4 Å². The molecule has 0 unspecified atom stereocenters. The Labute approximate surface area is 108 Å². The van der Waals surface area contributed by atoms with Gasteiger partial charge in [0.05, 0.1) is 19.3 Å². The lowest BCUT2D eigenvalue weighted by atomic mass is 10.2. The highest BCUT2D eigenvalue weighted by atomic mass is 16.6. The molecule has 0 bridgehead atoms. The van der Waals surface area contributed by atoms with E-state index in [4.69, 9.17) is 18.9 Å². The summed E-state index contributed by atoms with van der Waals surface area (Å²) in [6, 6.07) is 5.54. The number of fused-ring (bicyclic) bond motifs is 1. The first-order chi connectivity index (χ1) is 8.48. The molecule has 0 amide bonds. The van der Waals surface area contributed by atoms with Crippen LogP contribution in [-0.2, 0) is 4.74 Å². The van der Waals surface area contributed by atoms with E-state index in [9.17, 15) is 0 Å². The van der Waals surface area contributed by atoms with Crippen LogP contribution in [0.25, 0.3) is 0 Å². The van der Waals surface area contributed by atoms with Crippen molar-refractivity contribution >= 4 is 0 Å². The second-order valence-corrected chi connectivity index (χ2v) is 5.29. The number of ether oxygens (including phenoxy) is 4. The van der Waals surface area contributed by atoms with E-state index in [1.807, 2.05) is 39.0 Å². The minimum absolute atomic E-state index is 0.0647. The molecule has 1 aliphatic rings. The van der Waals surface area contributed by atoms with E-state index in [0.29, 0.717) is 13.2 Å². The summed E-state index contributed by atoms with van der Waals surface area (Å²) in [5.41, 5.74) is -0.163. The van der Waals surface area contributed by atoms with Crippen LogP contribution < -0.4 is 14.2 Å². The third kappa shape index (κ3) is 3.29. The summed E-state index contributed by atoms with van der Waals surface area (Å²) in [5, 5.41) is 0. The fourth-order valence-electron chi connectivity index (χ4n) is 1.65. The van der Waals surface area contributed by atoms with Crippen LogP contribution in [-0.4, -0.2) is 32.0 Å². The van der Waals surface area contributed by atoms with Gasteiger partial charge in [-0.25, -0.2) is 0 Å². The lowest BCUT2D eigenvalue weighted by Crippen LogP contribution is -2.36. The van der Waals surface area contributed by atoms with Gasteiger partial charge in [-0.2, -0.15) is 0 Å². The minimum atomic E-state index is -0.163. The minimum Gasteiger partial charge on any atom is -0.497 e. The average Bonchev–Trinajstić information content (AvgIpc) is 2.34. The Hall–Kier alpha value is -1.42. The molecule has 0 radical (unpaired) electrons. The summed E-state index contributed by atoms with van der Waals surface area (Å²) in [7, 11) is 1.63. The van der Waals surface area contributed by atoms with Gasteiger partial charge in [0.2, 0.25) is 0 Å². The van der Waals surface area contributed by atoms with Crippen LogP contribution in [0.4, 0.5) is 0 Å². The fourth-order valence-corrected chi connectivity index (χ4v) is 1.65. The van der Waals surface area contributed by atoms with Gasteiger partial charge in [0, 0.05) is 6.07 Å². The lowest BCUT2D eigenvalue weighted by molar-refractivity contribution is -0.0583. The van der Waals surface area contributed by atoms with Gasteiger partial charge in [-0.05, 0) is 32.9 Å². The fraction of sp³-hybridized carbons (Fsp3) is 0.571. The molecule has 18 heavy (non-hydrogen) atoms. The van der Waals surface area contributed by atoms with E-state index in [2.05, 4.69) is 0 Å². The van der Waals surface area contributed by atoms with Crippen molar-refractivity contribution in [1.82, 2.24) is 0 Å². The quantitative estimate of drug-likeness (QED) is 0.828. The van der Waals surface area contributed by atoms with Gasteiger partial charge in [-0.15, -0.1) is 0 Å². The van der Waals surface area contributed by atoms with Gasteiger partial charge in [0.15, 0.2) is 17.6 Å². The van der Waals surface area contributed by atoms with Gasteiger partial charge in [-0.1, -0.05) is 0 Å². The zero-order chi connectivity index (χ0) is 13.2. The topological polar surface area (TPSA) is 36.9 Å². The standard InChI is InChI=1S/C14H20O4/c1-14(2,3)17-9-11-8-16-13-7-10(15-4)5-6-12(13)18-11/h5-7,11H,8-9H2,1-4H3/t11-/m1/s1. The summed E-state index contributed by atoms with van der Waals surface area (Å²) in [5.74, 6) is 2.23. The van der Waals surface area contributed by atoms with Crippen LogP contribution in [0.5, 0.6) is 17.2 Å². The second-order valence-electron chi connectivity index (χ2n) is 5.29. The van der Waals surface area contributed by atoms with Gasteiger partial charge >= 0.3 is 0 Å². The maximum Gasteiger partial charge on any atom is 0.165 e. The molecule has 0 aromatic heterocycles. The van der Waals surface area contributed by atoms with Crippen molar-refractivity contribution in [2.24, 2.45) is 0 Å². The highest BCUT2D eigenvalue weighted by molar-refractivity contribution is 5.46. The third-order valence-corrected chi connectivity index (χ3v) is 2.57. The first kappa shape index (κ1) is 13.0. The maximum absolute atomic E-state index is 5.82. The normalized spacial score (nSPS) is 18.6. The van der Waals surface area contributed by atoms with E-state index in [1.165, 1.54) is 0 Å². The molecule has 1 heterocycles. The smallest absolute Gasteiger partial charge is 0.165 e. The largest absolute Gasteiger partial charge is 0.497 e. The lowest BCUT2D eigenvalue weighted by Gasteiger charge is -2.29. The predicted octanol–water partition coefficient (Wildman–Crippen LogP) is 2.65. The molecule has 0 spiro atoms. The summed E-state index contributed by atoms with van der Waals surface area (Å²) in [6.45, 7) is 7.09. The van der Waals surface area contributed by atoms with Crippen molar-refractivity contribution in [3.05, 3.63) is 18.2 Å². The number of hydrogen-bond acceptors (Lipinski definition) is 4. The SMILES string of the molecule is COc1ccc2c(c1)OC[C@H](COC(C)(C)C)O2. The molecule has 0 saturated heterocycles. The molecule has 0 saturated carbocycles. The van der Waals surface area contributed by atoms with Crippen LogP contribution in [0.3, 0.4) is 0 Å². The molecular formula is C14H20O4. The Bertz CT molecular complexity index is 409. The molecule has 4 nitrogen and oxygen atoms in total. The predicted molar refractivity (Wildman–Crippen MR) is 68.6 cm³/mol. The van der Waals surface area contributed by atoms with Crippen LogP contribution in [0.2, 0.25) is 0 Å². The summed E-state index contributed by atoms with van der Waals surface area (Å²) in [4.78, 5) is 0. The maximum atomic E-state index is 5.82. The number of hydrogen-bond donors (Lipinski definition) is 0. The van der Waals surface area contributed by atoms with Crippen LogP contribution >= 0.6 is 0 Å². The Morgan fingerprint density at radius 3 is 2.72 bits per heavy atom. The third-order valence-electron chi connectivity index (χ3n) is 2.57. The highest BCUT2D eigenvalue weighted by Crippen LogP contribution is 2.35. The van der Waals surface area contributed by atoms with Crippen molar-refractivity contribution in [1.29, 1.82) is 0 Å². The van der Waals surface area contributed by atoms with Crippen molar-refractivity contribution in [2.45, 2.75) is 32.5 Å². The first-order valence-corrected chi connectivity index (χ1v) is 6.09. The molecule has 100 valence electrons. The molecule has 0 fully saturated rings. The Balaban J connectivity index is 1.98. The number of benzene rings is 1. The van der Waals surface area contributed by atoms with Crippen molar-refractivity contribution < 1.29 is 18.9 Å². The Kier molecular flexibility index (Phi) is 3.66. The summed E-state index contributed by atoms with van der Waals surface area (Å²) < 4.78 is 22.3. The number of rotatable bonds is 3. The van der Waals surface area contributed by atoms with Crippen molar-refractivity contribution in [2.75, 3.05) is 20.3 Å². The highest BCUT2D eigenvalue weighted by Gasteiger charge is 2.23. The molecule has 4 heteroatoms. The second kappa shape index (κ2) is 5.06. The van der Waals surface area contributed by atoms with Crippen molar-refractivity contribution in [3.8, 4) is 17.2 Å². The molecule has 0 aliphatic carbocycles. The molecule has 1 aromatic rings.